The van der Waals surface area contributed by atoms with Crippen LogP contribution < -0.4 is 9.64 Å². The highest BCUT2D eigenvalue weighted by Crippen LogP contribution is 2.35. The van der Waals surface area contributed by atoms with E-state index < -0.39 is 0 Å². The highest BCUT2D eigenvalue weighted by molar-refractivity contribution is 6.36. The Kier molecular flexibility index (Phi) is 4.59. The molecule has 1 aliphatic carbocycles. The molecule has 6 nitrogen and oxygen atoms in total. The lowest BCUT2D eigenvalue weighted by Gasteiger charge is -2.34. The predicted molar refractivity (Wildman–Crippen MR) is 109 cm³/mol. The average Bonchev–Trinajstić information content (AvgIpc) is 3.42. The maximum absolute atomic E-state index is 6.72. The zero-order chi connectivity index (χ0) is 19.1. The summed E-state index contributed by atoms with van der Waals surface area (Å²) in [5, 5.41) is 9.43. The SMILES string of the molecule is Cc1cc(OC2CCN(c3ccn4c(CC5CC5)nnc4c3Cl)CC2)ccn1. The minimum Gasteiger partial charge on any atom is -0.490 e. The number of aryl methyl sites for hydroxylation is 1. The zero-order valence-electron chi connectivity index (χ0n) is 16.0. The smallest absolute Gasteiger partial charge is 0.181 e. The van der Waals surface area contributed by atoms with Crippen LogP contribution in [0.1, 0.15) is 37.2 Å². The number of aromatic nitrogens is 4. The van der Waals surface area contributed by atoms with Crippen molar-refractivity contribution in [1.82, 2.24) is 19.6 Å². The molecule has 0 amide bonds. The summed E-state index contributed by atoms with van der Waals surface area (Å²) in [7, 11) is 0. The molecule has 0 unspecified atom stereocenters. The van der Waals surface area contributed by atoms with Crippen LogP contribution in [0.3, 0.4) is 0 Å². The van der Waals surface area contributed by atoms with E-state index in [0.29, 0.717) is 5.02 Å². The van der Waals surface area contributed by atoms with E-state index in [1.807, 2.05) is 23.5 Å². The molecule has 0 N–H and O–H groups in total. The Balaban J connectivity index is 1.28. The molecule has 146 valence electrons. The monoisotopic (exact) mass is 397 g/mol. The average molecular weight is 398 g/mol. The number of piperidine rings is 1. The molecule has 3 aromatic rings. The van der Waals surface area contributed by atoms with Gasteiger partial charge in [0.15, 0.2) is 5.65 Å². The van der Waals surface area contributed by atoms with Gasteiger partial charge in [-0.2, -0.15) is 0 Å². The van der Waals surface area contributed by atoms with Gasteiger partial charge in [-0.15, -0.1) is 10.2 Å². The highest BCUT2D eigenvalue weighted by Gasteiger charge is 2.26. The molecule has 0 aromatic carbocycles. The Labute approximate surface area is 169 Å². The van der Waals surface area contributed by atoms with Gasteiger partial charge in [0, 0.05) is 56.5 Å². The Morgan fingerprint density at radius 2 is 1.96 bits per heavy atom. The summed E-state index contributed by atoms with van der Waals surface area (Å²) < 4.78 is 8.19. The van der Waals surface area contributed by atoms with Gasteiger partial charge < -0.3 is 9.64 Å². The summed E-state index contributed by atoms with van der Waals surface area (Å²) in [6, 6.07) is 6.01. The third-order valence-electron chi connectivity index (χ3n) is 5.69. The van der Waals surface area contributed by atoms with Crippen LogP contribution in [-0.2, 0) is 6.42 Å². The molecule has 5 rings (SSSR count). The molecule has 1 saturated carbocycles. The lowest BCUT2D eigenvalue weighted by Crippen LogP contribution is -2.38. The van der Waals surface area contributed by atoms with Crippen LogP contribution in [0.4, 0.5) is 5.69 Å². The van der Waals surface area contributed by atoms with Crippen molar-refractivity contribution >= 4 is 22.9 Å². The summed E-state index contributed by atoms with van der Waals surface area (Å²) >= 11 is 6.72. The van der Waals surface area contributed by atoms with Gasteiger partial charge in [0.25, 0.3) is 0 Å². The van der Waals surface area contributed by atoms with Gasteiger partial charge in [-0.1, -0.05) is 11.6 Å². The maximum atomic E-state index is 6.72. The fraction of sp³-hybridized carbons (Fsp3) is 0.476. The van der Waals surface area contributed by atoms with Crippen LogP contribution in [0, 0.1) is 12.8 Å². The number of nitrogens with zero attached hydrogens (tertiary/aromatic N) is 5. The second-order valence-electron chi connectivity index (χ2n) is 7.91. The second-order valence-corrected chi connectivity index (χ2v) is 8.29. The van der Waals surface area contributed by atoms with Crippen LogP contribution in [0.2, 0.25) is 5.02 Å². The number of ether oxygens (including phenoxy) is 1. The normalized spacial score (nSPS) is 18.0. The van der Waals surface area contributed by atoms with Crippen LogP contribution in [0.5, 0.6) is 5.75 Å². The molecule has 0 bridgehead atoms. The number of fused-ring (bicyclic) bond motifs is 1. The molecule has 4 heterocycles. The fourth-order valence-corrected chi connectivity index (χ4v) is 4.24. The third kappa shape index (κ3) is 3.53. The summed E-state index contributed by atoms with van der Waals surface area (Å²) in [5.41, 5.74) is 2.78. The zero-order valence-corrected chi connectivity index (χ0v) is 16.8. The fourth-order valence-electron chi connectivity index (χ4n) is 3.93. The van der Waals surface area contributed by atoms with Crippen molar-refractivity contribution in [3.05, 3.63) is 47.1 Å². The van der Waals surface area contributed by atoms with Crippen LogP contribution in [0.15, 0.2) is 30.6 Å². The van der Waals surface area contributed by atoms with E-state index in [1.54, 1.807) is 6.20 Å². The lowest BCUT2D eigenvalue weighted by atomic mass is 10.1. The third-order valence-corrected chi connectivity index (χ3v) is 6.05. The van der Waals surface area contributed by atoms with E-state index in [2.05, 4.69) is 32.3 Å². The van der Waals surface area contributed by atoms with Crippen molar-refractivity contribution in [3.8, 4) is 5.75 Å². The van der Waals surface area contributed by atoms with Gasteiger partial charge in [0.2, 0.25) is 0 Å². The largest absolute Gasteiger partial charge is 0.490 e. The van der Waals surface area contributed by atoms with Crippen molar-refractivity contribution in [1.29, 1.82) is 0 Å². The first kappa shape index (κ1) is 17.7. The molecule has 7 heteroatoms. The molecule has 3 aromatic heterocycles. The van der Waals surface area contributed by atoms with Gasteiger partial charge in [0.05, 0.1) is 5.69 Å². The Morgan fingerprint density at radius 1 is 1.14 bits per heavy atom. The lowest BCUT2D eigenvalue weighted by molar-refractivity contribution is 0.170. The first-order valence-electron chi connectivity index (χ1n) is 10.0. The molecule has 0 spiro atoms. The van der Waals surface area contributed by atoms with E-state index in [4.69, 9.17) is 16.3 Å². The summed E-state index contributed by atoms with van der Waals surface area (Å²) in [5.74, 6) is 2.69. The molecular formula is C21H24ClN5O. The molecule has 2 aliphatic rings. The molecule has 1 saturated heterocycles. The minimum absolute atomic E-state index is 0.221. The van der Waals surface area contributed by atoms with Crippen LogP contribution in [0.25, 0.3) is 5.65 Å². The number of pyridine rings is 2. The minimum atomic E-state index is 0.221. The molecule has 2 fully saturated rings. The first-order valence-corrected chi connectivity index (χ1v) is 10.4. The molecule has 28 heavy (non-hydrogen) atoms. The van der Waals surface area contributed by atoms with Gasteiger partial charge in [0.1, 0.15) is 22.7 Å². The van der Waals surface area contributed by atoms with Gasteiger partial charge >= 0.3 is 0 Å². The molecule has 0 atom stereocenters. The van der Waals surface area contributed by atoms with E-state index in [1.165, 1.54) is 12.8 Å². The van der Waals surface area contributed by atoms with Crippen molar-refractivity contribution < 1.29 is 4.74 Å². The van der Waals surface area contributed by atoms with Crippen molar-refractivity contribution in [3.63, 3.8) is 0 Å². The highest BCUT2D eigenvalue weighted by atomic mass is 35.5. The quantitative estimate of drug-likeness (QED) is 0.649. The van der Waals surface area contributed by atoms with Crippen molar-refractivity contribution in [2.24, 2.45) is 5.92 Å². The summed E-state index contributed by atoms with van der Waals surface area (Å²) in [4.78, 5) is 6.55. The van der Waals surface area contributed by atoms with Crippen molar-refractivity contribution in [2.45, 2.75) is 45.1 Å². The van der Waals surface area contributed by atoms with Crippen LogP contribution >= 0.6 is 11.6 Å². The van der Waals surface area contributed by atoms with Crippen LogP contribution in [-0.4, -0.2) is 38.8 Å². The van der Waals surface area contributed by atoms with Gasteiger partial charge in [-0.25, -0.2) is 0 Å². The van der Waals surface area contributed by atoms with Crippen molar-refractivity contribution in [2.75, 3.05) is 18.0 Å². The predicted octanol–water partition coefficient (Wildman–Crippen LogP) is 4.09. The van der Waals surface area contributed by atoms with E-state index in [-0.39, 0.29) is 6.10 Å². The maximum Gasteiger partial charge on any atom is 0.181 e. The number of rotatable bonds is 5. The molecular weight excluding hydrogens is 374 g/mol. The molecule has 0 radical (unpaired) electrons. The Hall–Kier alpha value is -2.34. The summed E-state index contributed by atoms with van der Waals surface area (Å²) in [6.45, 7) is 3.80. The van der Waals surface area contributed by atoms with E-state index >= 15 is 0 Å². The van der Waals surface area contributed by atoms with E-state index in [9.17, 15) is 0 Å². The number of halogens is 1. The Bertz CT molecular complexity index is 992. The first-order chi connectivity index (χ1) is 13.7. The number of hydrogen-bond acceptors (Lipinski definition) is 5. The second kappa shape index (κ2) is 7.24. The van der Waals surface area contributed by atoms with E-state index in [0.717, 1.165) is 66.9 Å². The number of hydrogen-bond donors (Lipinski definition) is 0. The standard InChI is InChI=1S/C21H24ClN5O/c1-14-12-17(4-8-23-14)28-16-5-9-26(10-6-16)18-7-11-27-19(13-15-2-3-15)24-25-21(27)20(18)22/h4,7-8,11-12,15-16H,2-3,5-6,9-10,13H2,1H3. The molecule has 1 aliphatic heterocycles. The summed E-state index contributed by atoms with van der Waals surface area (Å²) in [6.07, 6.45) is 9.60. The topological polar surface area (TPSA) is 55.6 Å². The Morgan fingerprint density at radius 3 is 2.71 bits per heavy atom. The van der Waals surface area contributed by atoms with Gasteiger partial charge in [-0.05, 0) is 37.8 Å². The number of anilines is 1. The van der Waals surface area contributed by atoms with Gasteiger partial charge in [-0.3, -0.25) is 9.38 Å².